The predicted octanol–water partition coefficient (Wildman–Crippen LogP) is 4.43. The second-order valence-electron chi connectivity index (χ2n) is 3.45. The Kier molecular flexibility index (Phi) is 4.37. The van der Waals surface area contributed by atoms with Gasteiger partial charge in [-0.1, -0.05) is 44.2 Å². The van der Waals surface area contributed by atoms with E-state index in [-0.39, 0.29) is 11.7 Å². The van der Waals surface area contributed by atoms with Gasteiger partial charge >= 0.3 is 0 Å². The van der Waals surface area contributed by atoms with E-state index < -0.39 is 0 Å². The molecule has 0 nitrogen and oxygen atoms in total. The highest BCUT2D eigenvalue weighted by atomic mass is 19.1. The smallest absolute Gasteiger partial charge is 0.104 e. The first-order valence-corrected chi connectivity index (χ1v) is 5.20. The number of benzene rings is 1. The molecule has 0 aliphatic heterocycles. The number of hydrogen-bond acceptors (Lipinski definition) is 0. The van der Waals surface area contributed by atoms with Crippen LogP contribution in [0.25, 0.3) is 6.08 Å². The molecule has 0 atom stereocenters. The van der Waals surface area contributed by atoms with E-state index in [1.54, 1.807) is 6.08 Å². The lowest BCUT2D eigenvalue weighted by atomic mass is 10.0. The van der Waals surface area contributed by atoms with Crippen molar-refractivity contribution in [3.63, 3.8) is 0 Å². The summed E-state index contributed by atoms with van der Waals surface area (Å²) in [5, 5.41) is 0. The van der Waals surface area contributed by atoms with Gasteiger partial charge < -0.3 is 0 Å². The van der Waals surface area contributed by atoms with Crippen LogP contribution in [0.3, 0.4) is 0 Å². The van der Waals surface area contributed by atoms with Crippen LogP contribution in [0.15, 0.2) is 36.2 Å². The molecule has 0 amide bonds. The van der Waals surface area contributed by atoms with E-state index in [1.807, 2.05) is 44.2 Å². The maximum atomic E-state index is 13.6. The quantitative estimate of drug-likeness (QED) is 0.661. The molecule has 0 saturated carbocycles. The van der Waals surface area contributed by atoms with Crippen molar-refractivity contribution in [1.29, 1.82) is 0 Å². The van der Waals surface area contributed by atoms with Gasteiger partial charge in [-0.15, -0.1) is 0 Å². The fourth-order valence-electron chi connectivity index (χ4n) is 1.51. The van der Waals surface area contributed by atoms with Crippen molar-refractivity contribution >= 4 is 6.08 Å². The number of halogens is 1. The molecule has 1 aromatic carbocycles. The minimum absolute atomic E-state index is 0.00111. The molecule has 0 fully saturated rings. The van der Waals surface area contributed by atoms with Crippen LogP contribution < -0.4 is 0 Å². The van der Waals surface area contributed by atoms with Crippen molar-refractivity contribution in [3.8, 4) is 0 Å². The Morgan fingerprint density at radius 1 is 1.21 bits per heavy atom. The Balaban J connectivity index is 2.77. The minimum atomic E-state index is 0.00111. The summed E-state index contributed by atoms with van der Waals surface area (Å²) >= 11 is 0. The molecule has 0 aromatic heterocycles. The summed E-state index contributed by atoms with van der Waals surface area (Å²) in [6.45, 7) is 4.04. The van der Waals surface area contributed by atoms with Crippen LogP contribution in [-0.2, 0) is 0 Å². The van der Waals surface area contributed by atoms with E-state index in [0.29, 0.717) is 0 Å². The number of rotatable bonds is 4. The summed E-state index contributed by atoms with van der Waals surface area (Å²) in [7, 11) is 0. The second kappa shape index (κ2) is 5.58. The predicted molar refractivity (Wildman–Crippen MR) is 59.6 cm³/mol. The summed E-state index contributed by atoms with van der Waals surface area (Å²) < 4.78 is 13.6. The molecule has 0 N–H and O–H groups in total. The molecule has 0 bridgehead atoms. The van der Waals surface area contributed by atoms with E-state index in [0.717, 1.165) is 18.4 Å². The van der Waals surface area contributed by atoms with Crippen molar-refractivity contribution in [2.24, 2.45) is 5.92 Å². The van der Waals surface area contributed by atoms with Crippen molar-refractivity contribution in [2.45, 2.75) is 26.7 Å². The van der Waals surface area contributed by atoms with Crippen LogP contribution in [-0.4, -0.2) is 0 Å². The lowest BCUT2D eigenvalue weighted by Crippen LogP contribution is -1.96. The third kappa shape index (κ3) is 2.99. The molecule has 0 radical (unpaired) electrons. The lowest BCUT2D eigenvalue weighted by molar-refractivity contribution is 0.449. The third-order valence-corrected chi connectivity index (χ3v) is 2.48. The average molecular weight is 192 g/mol. The molecule has 1 heteroatoms. The maximum Gasteiger partial charge on any atom is 0.104 e. The highest BCUT2D eigenvalue weighted by Gasteiger charge is 2.08. The topological polar surface area (TPSA) is 0 Å². The summed E-state index contributed by atoms with van der Waals surface area (Å²) in [5.41, 5.74) is 0.942. The first kappa shape index (κ1) is 11.0. The van der Waals surface area contributed by atoms with Crippen LogP contribution in [0.2, 0.25) is 0 Å². The first-order chi connectivity index (χ1) is 6.77. The zero-order chi connectivity index (χ0) is 10.4. The van der Waals surface area contributed by atoms with Gasteiger partial charge in [-0.25, -0.2) is 4.39 Å². The Bertz CT molecular complexity index is 283. The highest BCUT2D eigenvalue weighted by molar-refractivity contribution is 5.51. The zero-order valence-corrected chi connectivity index (χ0v) is 8.83. The molecule has 1 rings (SSSR count). The van der Waals surface area contributed by atoms with Crippen molar-refractivity contribution < 1.29 is 4.39 Å². The van der Waals surface area contributed by atoms with Gasteiger partial charge in [-0.05, 0) is 24.5 Å². The molecule has 0 aliphatic rings. The number of hydrogen-bond donors (Lipinski definition) is 0. The van der Waals surface area contributed by atoms with Gasteiger partial charge in [0.2, 0.25) is 0 Å². The highest BCUT2D eigenvalue weighted by Crippen LogP contribution is 2.22. The fourth-order valence-corrected chi connectivity index (χ4v) is 1.51. The molecule has 0 heterocycles. The van der Waals surface area contributed by atoms with Gasteiger partial charge in [0.05, 0.1) is 0 Å². The maximum absolute atomic E-state index is 13.6. The van der Waals surface area contributed by atoms with Crippen molar-refractivity contribution in [2.75, 3.05) is 0 Å². The van der Waals surface area contributed by atoms with Crippen LogP contribution >= 0.6 is 0 Å². The van der Waals surface area contributed by atoms with E-state index in [2.05, 4.69) is 0 Å². The summed E-state index contributed by atoms with van der Waals surface area (Å²) in [6, 6.07) is 9.62. The first-order valence-electron chi connectivity index (χ1n) is 5.20. The molecule has 76 valence electrons. The van der Waals surface area contributed by atoms with Crippen molar-refractivity contribution in [1.82, 2.24) is 0 Å². The van der Waals surface area contributed by atoms with E-state index in [1.165, 1.54) is 0 Å². The Hall–Kier alpha value is -1.11. The SMILES string of the molecule is CCC(CC)/C(F)=C/c1ccccc1. The van der Waals surface area contributed by atoms with Gasteiger partial charge in [0.15, 0.2) is 0 Å². The van der Waals surface area contributed by atoms with Crippen LogP contribution in [0.1, 0.15) is 32.3 Å². The lowest BCUT2D eigenvalue weighted by Gasteiger charge is -2.08. The van der Waals surface area contributed by atoms with Crippen LogP contribution in [0.5, 0.6) is 0 Å². The number of allylic oxidation sites excluding steroid dienone is 1. The van der Waals surface area contributed by atoms with Gasteiger partial charge in [0.1, 0.15) is 5.83 Å². The van der Waals surface area contributed by atoms with Crippen LogP contribution in [0, 0.1) is 5.92 Å². The normalized spacial score (nSPS) is 12.1. The molecule has 0 unspecified atom stereocenters. The van der Waals surface area contributed by atoms with Gasteiger partial charge in [0, 0.05) is 5.92 Å². The molecular weight excluding hydrogens is 175 g/mol. The monoisotopic (exact) mass is 192 g/mol. The summed E-state index contributed by atoms with van der Waals surface area (Å²) in [5.74, 6) is 0.0800. The Labute approximate surface area is 85.5 Å². The van der Waals surface area contributed by atoms with Gasteiger partial charge in [0.25, 0.3) is 0 Å². The fraction of sp³-hybridized carbons (Fsp3) is 0.385. The Morgan fingerprint density at radius 3 is 2.29 bits per heavy atom. The summed E-state index contributed by atoms with van der Waals surface area (Å²) in [4.78, 5) is 0. The van der Waals surface area contributed by atoms with Gasteiger partial charge in [-0.2, -0.15) is 0 Å². The molecular formula is C13H17F. The summed E-state index contributed by atoms with van der Waals surface area (Å²) in [6.07, 6.45) is 3.37. The molecule has 0 spiro atoms. The third-order valence-electron chi connectivity index (χ3n) is 2.48. The molecule has 1 aromatic rings. The second-order valence-corrected chi connectivity index (χ2v) is 3.45. The van der Waals surface area contributed by atoms with E-state index >= 15 is 0 Å². The zero-order valence-electron chi connectivity index (χ0n) is 8.83. The van der Waals surface area contributed by atoms with Crippen molar-refractivity contribution in [3.05, 3.63) is 41.7 Å². The van der Waals surface area contributed by atoms with Crippen LogP contribution in [0.4, 0.5) is 4.39 Å². The standard InChI is InChI=1S/C13H17F/c1-3-12(4-2)13(14)10-11-8-6-5-7-9-11/h5-10,12H,3-4H2,1-2H3/b13-10-. The molecule has 0 aliphatic carbocycles. The largest absolute Gasteiger partial charge is 0.212 e. The van der Waals surface area contributed by atoms with E-state index in [4.69, 9.17) is 0 Å². The van der Waals surface area contributed by atoms with Gasteiger partial charge in [-0.3, -0.25) is 0 Å². The molecule has 14 heavy (non-hydrogen) atoms. The minimum Gasteiger partial charge on any atom is -0.212 e. The van der Waals surface area contributed by atoms with E-state index in [9.17, 15) is 4.39 Å². The average Bonchev–Trinajstić information content (AvgIpc) is 2.21. The molecule has 0 saturated heterocycles. The Morgan fingerprint density at radius 2 is 1.79 bits per heavy atom.